The number of hydrogen-bond acceptors (Lipinski definition) is 2. The van der Waals surface area contributed by atoms with Crippen LogP contribution in [0.25, 0.3) is 0 Å². The Hall–Kier alpha value is -1.44. The van der Waals surface area contributed by atoms with Crippen molar-refractivity contribution in [1.29, 1.82) is 0 Å². The topological polar surface area (TPSA) is 29.5 Å². The van der Waals surface area contributed by atoms with Crippen molar-refractivity contribution >= 4 is 0 Å². The molecule has 3 unspecified atom stereocenters. The van der Waals surface area contributed by atoms with E-state index in [1.165, 1.54) is 18.4 Å². The fourth-order valence-corrected chi connectivity index (χ4v) is 3.62. The first-order chi connectivity index (χ1) is 8.69. The van der Waals surface area contributed by atoms with Gasteiger partial charge in [-0.25, -0.2) is 0 Å². The lowest BCUT2D eigenvalue weighted by Crippen LogP contribution is -2.15. The fourth-order valence-electron chi connectivity index (χ4n) is 3.62. The third-order valence-electron chi connectivity index (χ3n) is 4.70. The summed E-state index contributed by atoms with van der Waals surface area (Å²) >= 11 is 0. The Balaban J connectivity index is 1.84. The van der Waals surface area contributed by atoms with Crippen molar-refractivity contribution in [1.82, 2.24) is 0 Å². The van der Waals surface area contributed by atoms with E-state index in [9.17, 15) is 5.11 Å². The van der Waals surface area contributed by atoms with Crippen LogP contribution in [0.1, 0.15) is 31.2 Å². The van der Waals surface area contributed by atoms with Gasteiger partial charge < -0.3 is 9.84 Å². The highest BCUT2D eigenvalue weighted by molar-refractivity contribution is 5.43. The molecule has 1 fully saturated rings. The van der Waals surface area contributed by atoms with Crippen LogP contribution in [-0.4, -0.2) is 12.2 Å². The van der Waals surface area contributed by atoms with Gasteiger partial charge in [0.1, 0.15) is 0 Å². The third-order valence-corrected chi connectivity index (χ3v) is 4.70. The number of allylic oxidation sites excluding steroid dienone is 2. The molecule has 0 radical (unpaired) electrons. The summed E-state index contributed by atoms with van der Waals surface area (Å²) in [5.74, 6) is 3.64. The molecule has 96 valence electrons. The number of rotatable bonds is 3. The molecule has 2 nitrogen and oxygen atoms in total. The minimum absolute atomic E-state index is 0.223. The van der Waals surface area contributed by atoms with Gasteiger partial charge in [0.15, 0.2) is 11.5 Å². The normalized spacial score (nSPS) is 30.7. The minimum atomic E-state index is 0.223. The van der Waals surface area contributed by atoms with E-state index >= 15 is 0 Å². The monoisotopic (exact) mass is 244 g/mol. The summed E-state index contributed by atoms with van der Waals surface area (Å²) in [6, 6.07) is 5.75. The van der Waals surface area contributed by atoms with Gasteiger partial charge in [-0.1, -0.05) is 25.1 Å². The summed E-state index contributed by atoms with van der Waals surface area (Å²) in [5, 5.41) is 9.65. The van der Waals surface area contributed by atoms with Crippen LogP contribution in [0.15, 0.2) is 30.4 Å². The molecular formula is C16H20O2. The Labute approximate surface area is 108 Å². The standard InChI is InChI=1S/C16H20O2/c1-10(14-8-11-3-4-13(14)7-11)12-5-6-15(17)16(9-12)18-2/h3-6,9-11,13-14,17H,7-8H2,1-2H3/t10-,11?,13?,14?/m0/s1. The van der Waals surface area contributed by atoms with Crippen LogP contribution in [0.3, 0.4) is 0 Å². The molecule has 0 saturated heterocycles. The molecule has 2 heteroatoms. The summed E-state index contributed by atoms with van der Waals surface area (Å²) in [6.45, 7) is 2.30. The highest BCUT2D eigenvalue weighted by Gasteiger charge is 2.38. The number of methoxy groups -OCH3 is 1. The molecule has 18 heavy (non-hydrogen) atoms. The summed E-state index contributed by atoms with van der Waals surface area (Å²) in [5.41, 5.74) is 1.27. The van der Waals surface area contributed by atoms with Crippen LogP contribution in [0.4, 0.5) is 0 Å². The van der Waals surface area contributed by atoms with E-state index in [0.717, 1.165) is 17.8 Å². The summed E-state index contributed by atoms with van der Waals surface area (Å²) in [7, 11) is 1.60. The summed E-state index contributed by atoms with van der Waals surface area (Å²) in [6.07, 6.45) is 7.42. The van der Waals surface area contributed by atoms with E-state index in [2.05, 4.69) is 19.1 Å². The van der Waals surface area contributed by atoms with Crippen LogP contribution in [0.5, 0.6) is 11.5 Å². The number of aromatic hydroxyl groups is 1. The zero-order valence-corrected chi connectivity index (χ0v) is 11.0. The third kappa shape index (κ3) is 1.80. The molecule has 1 saturated carbocycles. The molecule has 2 aliphatic carbocycles. The van der Waals surface area contributed by atoms with E-state index in [0.29, 0.717) is 11.7 Å². The number of fused-ring (bicyclic) bond motifs is 2. The Morgan fingerprint density at radius 3 is 2.72 bits per heavy atom. The maximum atomic E-state index is 9.65. The Morgan fingerprint density at radius 2 is 2.11 bits per heavy atom. The van der Waals surface area contributed by atoms with E-state index in [-0.39, 0.29) is 5.75 Å². The molecule has 0 amide bonds. The van der Waals surface area contributed by atoms with E-state index < -0.39 is 0 Å². The lowest BCUT2D eigenvalue weighted by molar-refractivity contribution is 0.364. The van der Waals surface area contributed by atoms with Gasteiger partial charge in [-0.15, -0.1) is 0 Å². The van der Waals surface area contributed by atoms with Crippen LogP contribution >= 0.6 is 0 Å². The van der Waals surface area contributed by atoms with Crippen molar-refractivity contribution in [2.75, 3.05) is 7.11 Å². The maximum absolute atomic E-state index is 9.65. The number of benzene rings is 1. The van der Waals surface area contributed by atoms with Crippen LogP contribution in [0.2, 0.25) is 0 Å². The molecule has 0 spiro atoms. The van der Waals surface area contributed by atoms with Gasteiger partial charge in [-0.05, 0) is 54.2 Å². The summed E-state index contributed by atoms with van der Waals surface area (Å²) < 4.78 is 5.20. The van der Waals surface area contributed by atoms with Crippen molar-refractivity contribution in [3.8, 4) is 11.5 Å². The second kappa shape index (κ2) is 4.34. The first-order valence-electron chi connectivity index (χ1n) is 6.74. The van der Waals surface area contributed by atoms with Gasteiger partial charge in [-0.3, -0.25) is 0 Å². The smallest absolute Gasteiger partial charge is 0.160 e. The van der Waals surface area contributed by atoms with E-state index in [1.807, 2.05) is 12.1 Å². The second-order valence-corrected chi connectivity index (χ2v) is 5.66. The van der Waals surface area contributed by atoms with Gasteiger partial charge in [0.05, 0.1) is 7.11 Å². The molecule has 1 aromatic carbocycles. The first-order valence-corrected chi connectivity index (χ1v) is 6.74. The molecule has 0 aliphatic heterocycles. The van der Waals surface area contributed by atoms with Crippen molar-refractivity contribution in [3.63, 3.8) is 0 Å². The van der Waals surface area contributed by atoms with Crippen molar-refractivity contribution in [3.05, 3.63) is 35.9 Å². The van der Waals surface area contributed by atoms with E-state index in [4.69, 9.17) is 4.74 Å². The van der Waals surface area contributed by atoms with Crippen molar-refractivity contribution in [2.45, 2.75) is 25.7 Å². The van der Waals surface area contributed by atoms with Crippen LogP contribution < -0.4 is 4.74 Å². The van der Waals surface area contributed by atoms with Gasteiger partial charge >= 0.3 is 0 Å². The summed E-state index contributed by atoms with van der Waals surface area (Å²) in [4.78, 5) is 0. The molecule has 3 rings (SSSR count). The highest BCUT2D eigenvalue weighted by atomic mass is 16.5. The molecule has 2 aliphatic rings. The van der Waals surface area contributed by atoms with Gasteiger partial charge in [0, 0.05) is 0 Å². The molecule has 2 bridgehead atoms. The van der Waals surface area contributed by atoms with Crippen LogP contribution in [0, 0.1) is 17.8 Å². The molecule has 0 heterocycles. The molecule has 0 aromatic heterocycles. The molecular weight excluding hydrogens is 224 g/mol. The molecule has 1 aromatic rings. The highest BCUT2D eigenvalue weighted by Crippen LogP contribution is 2.49. The number of phenolic OH excluding ortho intramolecular Hbond substituents is 1. The number of hydrogen-bond donors (Lipinski definition) is 1. The molecule has 4 atom stereocenters. The Kier molecular flexibility index (Phi) is 2.81. The number of ether oxygens (including phenoxy) is 1. The zero-order valence-electron chi connectivity index (χ0n) is 11.0. The second-order valence-electron chi connectivity index (χ2n) is 5.66. The van der Waals surface area contributed by atoms with E-state index in [1.54, 1.807) is 13.2 Å². The maximum Gasteiger partial charge on any atom is 0.160 e. The average molecular weight is 244 g/mol. The van der Waals surface area contributed by atoms with Crippen molar-refractivity contribution < 1.29 is 9.84 Å². The lowest BCUT2D eigenvalue weighted by atomic mass is 9.79. The van der Waals surface area contributed by atoms with Gasteiger partial charge in [0.2, 0.25) is 0 Å². The fraction of sp³-hybridized carbons (Fsp3) is 0.500. The SMILES string of the molecule is COc1cc([C@H](C)C2CC3C=CC2C3)ccc1O. The quantitative estimate of drug-likeness (QED) is 0.821. The Morgan fingerprint density at radius 1 is 1.28 bits per heavy atom. The number of phenols is 1. The zero-order chi connectivity index (χ0) is 12.7. The van der Waals surface area contributed by atoms with Crippen molar-refractivity contribution in [2.24, 2.45) is 17.8 Å². The van der Waals surface area contributed by atoms with Crippen LogP contribution in [-0.2, 0) is 0 Å². The largest absolute Gasteiger partial charge is 0.504 e. The molecule has 1 N–H and O–H groups in total. The average Bonchev–Trinajstić information content (AvgIpc) is 3.00. The van der Waals surface area contributed by atoms with Gasteiger partial charge in [-0.2, -0.15) is 0 Å². The van der Waals surface area contributed by atoms with Gasteiger partial charge in [0.25, 0.3) is 0 Å². The lowest BCUT2D eigenvalue weighted by Gasteiger charge is -2.26. The predicted molar refractivity (Wildman–Crippen MR) is 71.9 cm³/mol. The first kappa shape index (κ1) is 11.6. The predicted octanol–water partition coefficient (Wildman–Crippen LogP) is 3.72. The Bertz CT molecular complexity index is 478. The minimum Gasteiger partial charge on any atom is -0.504 e.